The highest BCUT2D eigenvalue weighted by molar-refractivity contribution is 6.33. The molecule has 0 spiro atoms. The minimum absolute atomic E-state index is 0.371. The van der Waals surface area contributed by atoms with Gasteiger partial charge in [0.15, 0.2) is 6.29 Å². The predicted molar refractivity (Wildman–Crippen MR) is 132 cm³/mol. The van der Waals surface area contributed by atoms with Gasteiger partial charge in [0.2, 0.25) is 0 Å². The maximum absolute atomic E-state index is 11.7. The lowest BCUT2D eigenvalue weighted by Crippen LogP contribution is -2.33. The summed E-state index contributed by atoms with van der Waals surface area (Å²) in [6, 6.07) is 19.4. The van der Waals surface area contributed by atoms with E-state index >= 15 is 0 Å². The van der Waals surface area contributed by atoms with Crippen LogP contribution >= 0.6 is 11.6 Å². The topological polar surface area (TPSA) is 90.6 Å². The van der Waals surface area contributed by atoms with E-state index in [4.69, 9.17) is 22.1 Å². The molecule has 6 nitrogen and oxygen atoms in total. The van der Waals surface area contributed by atoms with Gasteiger partial charge >= 0.3 is 5.97 Å². The first kappa shape index (κ1) is 24.0. The van der Waals surface area contributed by atoms with E-state index in [2.05, 4.69) is 10.1 Å². The number of halogens is 1. The smallest absolute Gasteiger partial charge is 0.322 e. The van der Waals surface area contributed by atoms with E-state index in [1.165, 1.54) is 7.11 Å². The number of ether oxygens (including phenoxy) is 2. The molecule has 33 heavy (non-hydrogen) atoms. The molecule has 0 aliphatic rings. The fourth-order valence-electron chi connectivity index (χ4n) is 3.30. The number of anilines is 1. The molecule has 7 heteroatoms. The number of esters is 1. The summed E-state index contributed by atoms with van der Waals surface area (Å²) in [5, 5.41) is 3.54. The van der Waals surface area contributed by atoms with E-state index in [9.17, 15) is 9.59 Å². The van der Waals surface area contributed by atoms with Gasteiger partial charge in [0, 0.05) is 23.9 Å². The standard InChI is InChI=1S/C26H25ClN2O4/c1-29-25-6-4-3-5-22(25)19(16-30)14-18-9-12-21(15-23(18)27)33-20-10-7-17(8-11-20)13-24(28)26(31)32-2/h3-12,14-16,24,29H,13,28H2,1-2H3/b19-14-. The molecule has 0 saturated carbocycles. The van der Waals surface area contributed by atoms with Crippen molar-refractivity contribution in [2.45, 2.75) is 12.5 Å². The predicted octanol–water partition coefficient (Wildman–Crippen LogP) is 4.96. The number of carbonyl (C=O) groups excluding carboxylic acids is 2. The molecule has 0 heterocycles. The molecule has 3 N–H and O–H groups in total. The number of allylic oxidation sites excluding steroid dienone is 1. The summed E-state index contributed by atoms with van der Waals surface area (Å²) >= 11 is 6.47. The number of aldehydes is 1. The molecular formula is C26H25ClN2O4. The molecule has 0 bridgehead atoms. The lowest BCUT2D eigenvalue weighted by Gasteiger charge is -2.11. The Morgan fingerprint density at radius 2 is 1.79 bits per heavy atom. The van der Waals surface area contributed by atoms with Crippen LogP contribution < -0.4 is 15.8 Å². The first-order chi connectivity index (χ1) is 15.9. The Kier molecular flexibility index (Phi) is 8.24. The Bertz CT molecular complexity index is 1160. The summed E-state index contributed by atoms with van der Waals surface area (Å²) < 4.78 is 10.5. The largest absolute Gasteiger partial charge is 0.468 e. The number of para-hydroxylation sites is 1. The number of benzene rings is 3. The minimum Gasteiger partial charge on any atom is -0.468 e. The van der Waals surface area contributed by atoms with Crippen LogP contribution in [0, 0.1) is 0 Å². The van der Waals surface area contributed by atoms with Crippen molar-refractivity contribution in [3.63, 3.8) is 0 Å². The number of rotatable bonds is 9. The molecule has 3 aromatic rings. The molecule has 3 rings (SSSR count). The van der Waals surface area contributed by atoms with Gasteiger partial charge in [-0.05, 0) is 60.0 Å². The molecule has 1 atom stereocenters. The van der Waals surface area contributed by atoms with Crippen molar-refractivity contribution in [1.29, 1.82) is 0 Å². The Labute approximate surface area is 198 Å². The summed E-state index contributed by atoms with van der Waals surface area (Å²) in [5.41, 5.74) is 9.54. The van der Waals surface area contributed by atoms with Crippen molar-refractivity contribution in [1.82, 2.24) is 0 Å². The van der Waals surface area contributed by atoms with Crippen LogP contribution in [0.1, 0.15) is 16.7 Å². The summed E-state index contributed by atoms with van der Waals surface area (Å²) in [6.45, 7) is 0. The van der Waals surface area contributed by atoms with E-state index in [1.807, 2.05) is 36.4 Å². The van der Waals surface area contributed by atoms with E-state index in [0.717, 1.165) is 23.1 Å². The van der Waals surface area contributed by atoms with Gasteiger partial charge in [0.05, 0.1) is 12.1 Å². The highest BCUT2D eigenvalue weighted by Gasteiger charge is 2.14. The second-order valence-electron chi connectivity index (χ2n) is 7.28. The lowest BCUT2D eigenvalue weighted by molar-refractivity contribution is -0.142. The zero-order chi connectivity index (χ0) is 23.8. The number of hydrogen-bond acceptors (Lipinski definition) is 6. The van der Waals surface area contributed by atoms with Crippen LogP contribution in [0.4, 0.5) is 5.69 Å². The number of carbonyl (C=O) groups is 2. The molecule has 170 valence electrons. The zero-order valence-electron chi connectivity index (χ0n) is 18.4. The molecular weight excluding hydrogens is 440 g/mol. The normalized spacial score (nSPS) is 12.1. The molecule has 0 aromatic heterocycles. The highest BCUT2D eigenvalue weighted by atomic mass is 35.5. The summed E-state index contributed by atoms with van der Waals surface area (Å²) in [5.74, 6) is 0.715. The third kappa shape index (κ3) is 6.22. The maximum Gasteiger partial charge on any atom is 0.322 e. The van der Waals surface area contributed by atoms with Crippen LogP contribution in [0.3, 0.4) is 0 Å². The summed E-state index contributed by atoms with van der Waals surface area (Å²) in [7, 11) is 3.12. The van der Waals surface area contributed by atoms with E-state index in [1.54, 1.807) is 43.5 Å². The highest BCUT2D eigenvalue weighted by Crippen LogP contribution is 2.30. The van der Waals surface area contributed by atoms with Crippen LogP contribution in [0.5, 0.6) is 11.5 Å². The Balaban J connectivity index is 1.75. The van der Waals surface area contributed by atoms with Gasteiger partial charge in [0.1, 0.15) is 17.5 Å². The fourth-order valence-corrected chi connectivity index (χ4v) is 3.53. The fraction of sp³-hybridized carbons (Fsp3) is 0.154. The van der Waals surface area contributed by atoms with Crippen molar-refractivity contribution in [3.8, 4) is 11.5 Å². The average molecular weight is 465 g/mol. The van der Waals surface area contributed by atoms with E-state index in [0.29, 0.717) is 34.1 Å². The molecule has 0 aliphatic carbocycles. The first-order valence-corrected chi connectivity index (χ1v) is 10.7. The second kappa shape index (κ2) is 11.3. The van der Waals surface area contributed by atoms with Crippen molar-refractivity contribution in [2.75, 3.05) is 19.5 Å². The average Bonchev–Trinajstić information content (AvgIpc) is 2.84. The van der Waals surface area contributed by atoms with Gasteiger partial charge in [-0.15, -0.1) is 0 Å². The minimum atomic E-state index is -0.711. The molecule has 0 amide bonds. The molecule has 3 aromatic carbocycles. The summed E-state index contributed by atoms with van der Waals surface area (Å²) in [4.78, 5) is 23.2. The molecule has 0 radical (unpaired) electrons. The van der Waals surface area contributed by atoms with Gasteiger partial charge in [-0.1, -0.05) is 41.9 Å². The van der Waals surface area contributed by atoms with E-state index in [-0.39, 0.29) is 0 Å². The molecule has 0 fully saturated rings. The van der Waals surface area contributed by atoms with Gasteiger partial charge in [-0.25, -0.2) is 0 Å². The van der Waals surface area contributed by atoms with Gasteiger partial charge in [-0.2, -0.15) is 0 Å². The van der Waals surface area contributed by atoms with Crippen molar-refractivity contribution < 1.29 is 19.1 Å². The number of methoxy groups -OCH3 is 1. The Morgan fingerprint density at radius 1 is 1.09 bits per heavy atom. The SMILES string of the molecule is CNc1ccccc1/C(C=O)=C\c1ccc(Oc2ccc(CC(N)C(=O)OC)cc2)cc1Cl. The van der Waals surface area contributed by atoms with Crippen LogP contribution in [-0.2, 0) is 20.7 Å². The number of hydrogen-bond donors (Lipinski definition) is 2. The lowest BCUT2D eigenvalue weighted by atomic mass is 10.0. The molecule has 0 aliphatic heterocycles. The number of nitrogens with one attached hydrogen (secondary N) is 1. The molecule has 0 saturated heterocycles. The first-order valence-electron chi connectivity index (χ1n) is 10.3. The van der Waals surface area contributed by atoms with Gasteiger partial charge in [0.25, 0.3) is 0 Å². The van der Waals surface area contributed by atoms with Crippen LogP contribution in [0.15, 0.2) is 66.7 Å². The Hall–Kier alpha value is -3.61. The van der Waals surface area contributed by atoms with Crippen LogP contribution in [-0.4, -0.2) is 32.5 Å². The Morgan fingerprint density at radius 3 is 2.42 bits per heavy atom. The zero-order valence-corrected chi connectivity index (χ0v) is 19.1. The van der Waals surface area contributed by atoms with Gasteiger partial charge in [-0.3, -0.25) is 9.59 Å². The number of nitrogens with two attached hydrogens (primary N) is 1. The van der Waals surface area contributed by atoms with Crippen molar-refractivity contribution >= 4 is 41.2 Å². The summed E-state index contributed by atoms with van der Waals surface area (Å²) in [6.07, 6.45) is 2.93. The monoisotopic (exact) mass is 464 g/mol. The van der Waals surface area contributed by atoms with Crippen LogP contribution in [0.25, 0.3) is 11.6 Å². The van der Waals surface area contributed by atoms with Gasteiger partial charge < -0.3 is 20.5 Å². The second-order valence-corrected chi connectivity index (χ2v) is 7.68. The quantitative estimate of drug-likeness (QED) is 0.201. The third-order valence-electron chi connectivity index (χ3n) is 5.04. The van der Waals surface area contributed by atoms with Crippen molar-refractivity contribution in [2.24, 2.45) is 5.73 Å². The van der Waals surface area contributed by atoms with E-state index < -0.39 is 12.0 Å². The third-order valence-corrected chi connectivity index (χ3v) is 5.36. The maximum atomic E-state index is 11.7. The van der Waals surface area contributed by atoms with Crippen molar-refractivity contribution in [3.05, 3.63) is 88.4 Å². The van der Waals surface area contributed by atoms with Crippen LogP contribution in [0.2, 0.25) is 5.02 Å². The molecule has 1 unspecified atom stereocenters.